The van der Waals surface area contributed by atoms with Crippen molar-refractivity contribution in [1.82, 2.24) is 0 Å². The van der Waals surface area contributed by atoms with Gasteiger partial charge in [0.15, 0.2) is 0 Å². The van der Waals surface area contributed by atoms with E-state index >= 15 is 0 Å². The Labute approximate surface area is 105 Å². The molecule has 0 amide bonds. The van der Waals surface area contributed by atoms with Crippen LogP contribution in [0.1, 0.15) is 29.7 Å². The number of benzene rings is 1. The maximum Gasteiger partial charge on any atom is 0.101 e. The standard InChI is InChI=1S/C14H11N3O/c1-10(12-4-5-18-9-12)17-14-3-2-11(7-15)13(6-14)8-16/h2-6,9-10,17H,1H3. The van der Waals surface area contributed by atoms with E-state index in [1.165, 1.54) is 0 Å². The second kappa shape index (κ2) is 5.07. The van der Waals surface area contributed by atoms with Crippen LogP contribution in [0.2, 0.25) is 0 Å². The van der Waals surface area contributed by atoms with Gasteiger partial charge in [0.25, 0.3) is 0 Å². The lowest BCUT2D eigenvalue weighted by atomic mass is 10.1. The minimum atomic E-state index is 0.0724. The number of nitriles is 2. The van der Waals surface area contributed by atoms with Crippen molar-refractivity contribution in [2.24, 2.45) is 0 Å². The van der Waals surface area contributed by atoms with Crippen LogP contribution in [0, 0.1) is 22.7 Å². The van der Waals surface area contributed by atoms with Crippen LogP contribution in [0.25, 0.3) is 0 Å². The highest BCUT2D eigenvalue weighted by atomic mass is 16.3. The summed E-state index contributed by atoms with van der Waals surface area (Å²) in [5.41, 5.74) is 2.60. The molecule has 1 heterocycles. The van der Waals surface area contributed by atoms with Crippen molar-refractivity contribution in [2.75, 3.05) is 5.32 Å². The number of anilines is 1. The molecule has 4 nitrogen and oxygen atoms in total. The van der Waals surface area contributed by atoms with Crippen molar-refractivity contribution < 1.29 is 4.42 Å². The molecule has 1 unspecified atom stereocenters. The van der Waals surface area contributed by atoms with E-state index in [1.54, 1.807) is 30.7 Å². The highest BCUT2D eigenvalue weighted by Crippen LogP contribution is 2.21. The van der Waals surface area contributed by atoms with Gasteiger partial charge in [-0.2, -0.15) is 10.5 Å². The zero-order valence-electron chi connectivity index (χ0n) is 9.84. The lowest BCUT2D eigenvalue weighted by Gasteiger charge is -2.13. The van der Waals surface area contributed by atoms with E-state index in [-0.39, 0.29) is 6.04 Å². The van der Waals surface area contributed by atoms with Gasteiger partial charge in [0, 0.05) is 11.3 Å². The number of furan rings is 1. The molecule has 1 N–H and O–H groups in total. The molecular formula is C14H11N3O. The van der Waals surface area contributed by atoms with Crippen molar-refractivity contribution >= 4 is 5.69 Å². The molecule has 1 atom stereocenters. The molecule has 0 spiro atoms. The summed E-state index contributed by atoms with van der Waals surface area (Å²) >= 11 is 0. The average molecular weight is 237 g/mol. The van der Waals surface area contributed by atoms with Crippen LogP contribution in [0.4, 0.5) is 5.69 Å². The van der Waals surface area contributed by atoms with Gasteiger partial charge in [-0.25, -0.2) is 0 Å². The number of nitrogens with one attached hydrogen (secondary N) is 1. The maximum absolute atomic E-state index is 8.95. The fraction of sp³-hybridized carbons (Fsp3) is 0.143. The van der Waals surface area contributed by atoms with Gasteiger partial charge in [0.05, 0.1) is 29.7 Å². The van der Waals surface area contributed by atoms with E-state index in [9.17, 15) is 0 Å². The summed E-state index contributed by atoms with van der Waals surface area (Å²) in [7, 11) is 0. The van der Waals surface area contributed by atoms with Gasteiger partial charge in [0.2, 0.25) is 0 Å². The normalized spacial score (nSPS) is 11.3. The fourth-order valence-corrected chi connectivity index (χ4v) is 1.68. The molecule has 1 aromatic carbocycles. The Morgan fingerprint density at radius 3 is 2.56 bits per heavy atom. The van der Waals surface area contributed by atoms with Crippen LogP contribution < -0.4 is 5.32 Å². The second-order valence-electron chi connectivity index (χ2n) is 3.91. The lowest BCUT2D eigenvalue weighted by Crippen LogP contribution is -2.05. The summed E-state index contributed by atoms with van der Waals surface area (Å²) in [6.45, 7) is 2.00. The van der Waals surface area contributed by atoms with Gasteiger partial charge < -0.3 is 9.73 Å². The van der Waals surface area contributed by atoms with E-state index in [0.717, 1.165) is 11.3 Å². The largest absolute Gasteiger partial charge is 0.472 e. The first-order valence-corrected chi connectivity index (χ1v) is 5.47. The van der Waals surface area contributed by atoms with Gasteiger partial charge in [-0.3, -0.25) is 0 Å². The Hall–Kier alpha value is -2.72. The number of hydrogen-bond acceptors (Lipinski definition) is 4. The van der Waals surface area contributed by atoms with Gasteiger partial charge in [-0.15, -0.1) is 0 Å². The first kappa shape index (κ1) is 11.8. The summed E-state index contributed by atoms with van der Waals surface area (Å²) in [6.07, 6.45) is 3.29. The van der Waals surface area contributed by atoms with Gasteiger partial charge in [-0.05, 0) is 31.2 Å². The van der Waals surface area contributed by atoms with Crippen LogP contribution >= 0.6 is 0 Å². The Bertz CT molecular complexity index is 617. The minimum absolute atomic E-state index is 0.0724. The molecule has 18 heavy (non-hydrogen) atoms. The number of nitrogens with zero attached hydrogens (tertiary/aromatic N) is 2. The molecule has 2 aromatic rings. The summed E-state index contributed by atoms with van der Waals surface area (Å²) in [5, 5.41) is 21.0. The molecular weight excluding hydrogens is 226 g/mol. The highest BCUT2D eigenvalue weighted by Gasteiger charge is 2.08. The summed E-state index contributed by atoms with van der Waals surface area (Å²) in [5.74, 6) is 0. The van der Waals surface area contributed by atoms with Crippen LogP contribution in [0.3, 0.4) is 0 Å². The van der Waals surface area contributed by atoms with Crippen LogP contribution in [-0.4, -0.2) is 0 Å². The Kier molecular flexibility index (Phi) is 3.31. The molecule has 2 rings (SSSR count). The average Bonchev–Trinajstić information content (AvgIpc) is 2.92. The Morgan fingerprint density at radius 2 is 1.94 bits per heavy atom. The summed E-state index contributed by atoms with van der Waals surface area (Å²) in [6, 6.07) is 11.1. The monoisotopic (exact) mass is 237 g/mol. The zero-order valence-corrected chi connectivity index (χ0v) is 9.84. The van der Waals surface area contributed by atoms with Gasteiger partial charge in [-0.1, -0.05) is 0 Å². The predicted octanol–water partition coefficient (Wildman–Crippen LogP) is 3.20. The molecule has 0 bridgehead atoms. The van der Waals surface area contributed by atoms with Crippen molar-refractivity contribution in [1.29, 1.82) is 10.5 Å². The quantitative estimate of drug-likeness (QED) is 0.889. The Balaban J connectivity index is 2.21. The molecule has 0 radical (unpaired) electrons. The third kappa shape index (κ3) is 2.34. The summed E-state index contributed by atoms with van der Waals surface area (Å²) < 4.78 is 5.02. The predicted molar refractivity (Wildman–Crippen MR) is 66.6 cm³/mol. The topological polar surface area (TPSA) is 72.8 Å². The molecule has 88 valence electrons. The zero-order chi connectivity index (χ0) is 13.0. The fourth-order valence-electron chi connectivity index (χ4n) is 1.68. The van der Waals surface area contributed by atoms with E-state index < -0.39 is 0 Å². The molecule has 0 aliphatic rings. The third-order valence-electron chi connectivity index (χ3n) is 2.69. The van der Waals surface area contributed by atoms with E-state index in [1.807, 2.05) is 25.1 Å². The number of hydrogen-bond donors (Lipinski definition) is 1. The van der Waals surface area contributed by atoms with Crippen molar-refractivity contribution in [3.05, 3.63) is 53.5 Å². The second-order valence-corrected chi connectivity index (χ2v) is 3.91. The first-order valence-electron chi connectivity index (χ1n) is 5.47. The van der Waals surface area contributed by atoms with Gasteiger partial charge in [0.1, 0.15) is 12.1 Å². The van der Waals surface area contributed by atoms with E-state index in [0.29, 0.717) is 11.1 Å². The molecule has 0 saturated carbocycles. The van der Waals surface area contributed by atoms with Crippen molar-refractivity contribution in [3.63, 3.8) is 0 Å². The van der Waals surface area contributed by atoms with Crippen LogP contribution in [0.15, 0.2) is 41.2 Å². The first-order chi connectivity index (χ1) is 8.74. The Morgan fingerprint density at radius 1 is 1.17 bits per heavy atom. The highest BCUT2D eigenvalue weighted by molar-refractivity contribution is 5.56. The molecule has 0 aliphatic carbocycles. The molecule has 4 heteroatoms. The molecule has 1 aromatic heterocycles. The maximum atomic E-state index is 8.95. The smallest absolute Gasteiger partial charge is 0.101 e. The minimum Gasteiger partial charge on any atom is -0.472 e. The van der Waals surface area contributed by atoms with E-state index in [4.69, 9.17) is 14.9 Å². The van der Waals surface area contributed by atoms with Crippen LogP contribution in [-0.2, 0) is 0 Å². The SMILES string of the molecule is CC(Nc1ccc(C#N)c(C#N)c1)c1ccoc1. The van der Waals surface area contributed by atoms with Gasteiger partial charge >= 0.3 is 0 Å². The van der Waals surface area contributed by atoms with Crippen molar-refractivity contribution in [3.8, 4) is 12.1 Å². The number of rotatable bonds is 3. The molecule has 0 aliphatic heterocycles. The van der Waals surface area contributed by atoms with E-state index in [2.05, 4.69) is 5.32 Å². The van der Waals surface area contributed by atoms with Crippen LogP contribution in [0.5, 0.6) is 0 Å². The third-order valence-corrected chi connectivity index (χ3v) is 2.69. The lowest BCUT2D eigenvalue weighted by molar-refractivity contribution is 0.562. The summed E-state index contributed by atoms with van der Waals surface area (Å²) in [4.78, 5) is 0. The molecule has 0 fully saturated rings. The van der Waals surface area contributed by atoms with Crippen molar-refractivity contribution in [2.45, 2.75) is 13.0 Å². The molecule has 0 saturated heterocycles.